The summed E-state index contributed by atoms with van der Waals surface area (Å²) in [6.07, 6.45) is 2.02. The lowest BCUT2D eigenvalue weighted by molar-refractivity contribution is 0.574. The van der Waals surface area contributed by atoms with E-state index in [4.69, 9.17) is 0 Å². The van der Waals surface area contributed by atoms with E-state index in [2.05, 4.69) is 17.0 Å². The van der Waals surface area contributed by atoms with Gasteiger partial charge in [-0.15, -0.1) is 11.3 Å². The van der Waals surface area contributed by atoms with Crippen LogP contribution in [0.3, 0.4) is 0 Å². The van der Waals surface area contributed by atoms with Gasteiger partial charge in [-0.05, 0) is 30.3 Å². The molecule has 0 spiro atoms. The van der Waals surface area contributed by atoms with Crippen LogP contribution in [0, 0.1) is 5.92 Å². The molecule has 1 heterocycles. The van der Waals surface area contributed by atoms with E-state index >= 15 is 0 Å². The third kappa shape index (κ3) is 3.12. The minimum Gasteiger partial charge on any atom is -0.312 e. The summed E-state index contributed by atoms with van der Waals surface area (Å²) in [5.74, 6) is 0.524. The van der Waals surface area contributed by atoms with Crippen molar-refractivity contribution in [1.82, 2.24) is 10.0 Å². The van der Waals surface area contributed by atoms with Crippen molar-refractivity contribution in [2.75, 3.05) is 6.54 Å². The monoisotopic (exact) mass is 288 g/mol. The molecule has 102 valence electrons. The highest BCUT2D eigenvalue weighted by Gasteiger charge is 2.39. The number of sulfonamides is 1. The fourth-order valence-electron chi connectivity index (χ4n) is 2.04. The van der Waals surface area contributed by atoms with Gasteiger partial charge < -0.3 is 5.32 Å². The maximum atomic E-state index is 12.3. The van der Waals surface area contributed by atoms with Gasteiger partial charge in [-0.3, -0.25) is 0 Å². The first-order chi connectivity index (χ1) is 8.58. The fraction of sp³-hybridized carbons (Fsp3) is 0.667. The van der Waals surface area contributed by atoms with Crippen molar-refractivity contribution in [3.05, 3.63) is 16.3 Å². The minimum absolute atomic E-state index is 0.145. The smallest absolute Gasteiger partial charge is 0.241 e. The van der Waals surface area contributed by atoms with Crippen LogP contribution in [0.4, 0.5) is 0 Å². The molecular weight excluding hydrogens is 268 g/mol. The van der Waals surface area contributed by atoms with Crippen LogP contribution in [0.1, 0.15) is 31.6 Å². The maximum absolute atomic E-state index is 12.3. The summed E-state index contributed by atoms with van der Waals surface area (Å²) in [5.41, 5.74) is 0. The van der Waals surface area contributed by atoms with E-state index in [-0.39, 0.29) is 6.04 Å². The number of nitrogens with one attached hydrogen (secondary N) is 2. The molecule has 0 radical (unpaired) electrons. The molecule has 1 aromatic heterocycles. The molecule has 1 saturated carbocycles. The van der Waals surface area contributed by atoms with Crippen molar-refractivity contribution >= 4 is 21.4 Å². The Morgan fingerprint density at radius 3 is 2.83 bits per heavy atom. The van der Waals surface area contributed by atoms with E-state index in [9.17, 15) is 8.42 Å². The van der Waals surface area contributed by atoms with Gasteiger partial charge in [0.1, 0.15) is 0 Å². The van der Waals surface area contributed by atoms with Gasteiger partial charge in [0.15, 0.2) is 0 Å². The van der Waals surface area contributed by atoms with Gasteiger partial charge in [-0.2, -0.15) is 0 Å². The van der Waals surface area contributed by atoms with Gasteiger partial charge in [0.05, 0.1) is 4.90 Å². The molecule has 18 heavy (non-hydrogen) atoms. The van der Waals surface area contributed by atoms with E-state index in [1.807, 2.05) is 12.3 Å². The van der Waals surface area contributed by atoms with Crippen LogP contribution in [-0.4, -0.2) is 21.0 Å². The number of rotatable bonds is 7. The summed E-state index contributed by atoms with van der Waals surface area (Å²) >= 11 is 1.49. The first-order valence-electron chi connectivity index (χ1n) is 6.38. The molecule has 0 aromatic carbocycles. The lowest BCUT2D eigenvalue weighted by Gasteiger charge is -2.07. The van der Waals surface area contributed by atoms with Crippen LogP contribution in [0.5, 0.6) is 0 Å². The predicted octanol–water partition coefficient (Wildman–Crippen LogP) is 1.93. The Labute approximate surface area is 113 Å². The Morgan fingerprint density at radius 1 is 1.44 bits per heavy atom. The molecule has 0 amide bonds. The van der Waals surface area contributed by atoms with Crippen molar-refractivity contribution in [1.29, 1.82) is 0 Å². The first kappa shape index (κ1) is 14.0. The third-order valence-corrected chi connectivity index (χ3v) is 5.91. The van der Waals surface area contributed by atoms with Gasteiger partial charge in [0, 0.05) is 17.5 Å². The second-order valence-corrected chi connectivity index (χ2v) is 7.30. The topological polar surface area (TPSA) is 58.2 Å². The van der Waals surface area contributed by atoms with E-state index < -0.39 is 10.0 Å². The maximum Gasteiger partial charge on any atom is 0.241 e. The first-order valence-corrected chi connectivity index (χ1v) is 8.74. The highest BCUT2D eigenvalue weighted by molar-refractivity contribution is 7.89. The van der Waals surface area contributed by atoms with E-state index in [1.54, 1.807) is 6.07 Å². The Bertz CT molecular complexity index is 496. The molecule has 0 aliphatic heterocycles. The molecule has 0 bridgehead atoms. The lowest BCUT2D eigenvalue weighted by Crippen LogP contribution is -2.28. The normalized spacial score (nSPS) is 23.2. The summed E-state index contributed by atoms with van der Waals surface area (Å²) < 4.78 is 27.3. The molecule has 2 atom stereocenters. The standard InChI is InChI=1S/C12H20N2O2S2/c1-3-9-7-10(9)14-18(15,16)12-5-6-17-11(12)8-13-4-2/h5-6,9-10,13-14H,3-4,7-8H2,1-2H3. The van der Waals surface area contributed by atoms with Gasteiger partial charge >= 0.3 is 0 Å². The van der Waals surface area contributed by atoms with Crippen LogP contribution in [-0.2, 0) is 16.6 Å². The van der Waals surface area contributed by atoms with Crippen molar-refractivity contribution in [3.8, 4) is 0 Å². The largest absolute Gasteiger partial charge is 0.312 e. The van der Waals surface area contributed by atoms with Crippen LogP contribution in [0.25, 0.3) is 0 Å². The average molecular weight is 288 g/mol. The number of thiophene rings is 1. The summed E-state index contributed by atoms with van der Waals surface area (Å²) in [6, 6.07) is 1.84. The van der Waals surface area contributed by atoms with E-state index in [0.717, 1.165) is 24.3 Å². The molecule has 4 nitrogen and oxygen atoms in total. The second kappa shape index (κ2) is 5.69. The predicted molar refractivity (Wildman–Crippen MR) is 74.2 cm³/mol. The highest BCUT2D eigenvalue weighted by Crippen LogP contribution is 2.35. The van der Waals surface area contributed by atoms with Crippen LogP contribution >= 0.6 is 11.3 Å². The molecule has 2 rings (SSSR count). The molecule has 2 unspecified atom stereocenters. The lowest BCUT2D eigenvalue weighted by atomic mass is 10.3. The second-order valence-electron chi connectivity index (χ2n) is 4.62. The van der Waals surface area contributed by atoms with Gasteiger partial charge in [0.25, 0.3) is 0 Å². The average Bonchev–Trinajstić information content (AvgIpc) is 2.89. The number of hydrogen-bond acceptors (Lipinski definition) is 4. The van der Waals surface area contributed by atoms with Crippen molar-refractivity contribution in [2.45, 2.75) is 44.2 Å². The summed E-state index contributed by atoms with van der Waals surface area (Å²) in [6.45, 7) is 5.56. The van der Waals surface area contributed by atoms with Crippen LogP contribution in [0.15, 0.2) is 16.3 Å². The highest BCUT2D eigenvalue weighted by atomic mass is 32.2. The van der Waals surface area contributed by atoms with Crippen LogP contribution in [0.2, 0.25) is 0 Å². The molecule has 1 aliphatic carbocycles. The quantitative estimate of drug-likeness (QED) is 0.806. The van der Waals surface area contributed by atoms with E-state index in [0.29, 0.717) is 17.4 Å². The fourth-order valence-corrected chi connectivity index (χ4v) is 4.77. The molecule has 0 saturated heterocycles. The number of hydrogen-bond donors (Lipinski definition) is 2. The molecule has 2 N–H and O–H groups in total. The zero-order valence-electron chi connectivity index (χ0n) is 10.8. The van der Waals surface area contributed by atoms with Crippen LogP contribution < -0.4 is 10.0 Å². The molecule has 1 aromatic rings. The van der Waals surface area contributed by atoms with Gasteiger partial charge in [0.2, 0.25) is 10.0 Å². The summed E-state index contributed by atoms with van der Waals surface area (Å²) in [5, 5.41) is 5.01. The minimum atomic E-state index is -3.34. The van der Waals surface area contributed by atoms with Crippen molar-refractivity contribution in [2.24, 2.45) is 5.92 Å². The van der Waals surface area contributed by atoms with Crippen molar-refractivity contribution in [3.63, 3.8) is 0 Å². The summed E-state index contributed by atoms with van der Waals surface area (Å²) in [7, 11) is -3.34. The SMILES string of the molecule is CCNCc1sccc1S(=O)(=O)NC1CC1CC. The zero-order valence-corrected chi connectivity index (χ0v) is 12.4. The van der Waals surface area contributed by atoms with Crippen molar-refractivity contribution < 1.29 is 8.42 Å². The van der Waals surface area contributed by atoms with E-state index in [1.165, 1.54) is 11.3 Å². The van der Waals surface area contributed by atoms with Gasteiger partial charge in [-0.25, -0.2) is 13.1 Å². The molecule has 1 fully saturated rings. The Morgan fingerprint density at radius 2 is 2.22 bits per heavy atom. The summed E-state index contributed by atoms with van der Waals surface area (Å²) in [4.78, 5) is 1.33. The zero-order chi connectivity index (χ0) is 13.2. The Hall–Kier alpha value is -0.430. The molecular formula is C12H20N2O2S2. The molecule has 6 heteroatoms. The Kier molecular flexibility index (Phi) is 4.42. The van der Waals surface area contributed by atoms with Gasteiger partial charge in [-0.1, -0.05) is 20.3 Å². The molecule has 1 aliphatic rings. The third-order valence-electron chi connectivity index (χ3n) is 3.28. The Balaban J connectivity index is 2.07.